The topological polar surface area (TPSA) is 15.3 Å². The van der Waals surface area contributed by atoms with E-state index in [1.165, 1.54) is 12.1 Å². The van der Waals surface area contributed by atoms with Gasteiger partial charge in [0.1, 0.15) is 12.0 Å². The SMILES string of the molecule is CN1CC[C@H](NCc2ccc(F)cc2)[C@H](F)C1. The summed E-state index contributed by atoms with van der Waals surface area (Å²) < 4.78 is 26.4. The van der Waals surface area contributed by atoms with Crippen LogP contribution in [0.15, 0.2) is 24.3 Å². The number of nitrogens with one attached hydrogen (secondary N) is 1. The van der Waals surface area contributed by atoms with E-state index < -0.39 is 6.17 Å². The molecule has 1 aliphatic heterocycles. The van der Waals surface area contributed by atoms with Crippen molar-refractivity contribution >= 4 is 0 Å². The van der Waals surface area contributed by atoms with E-state index in [-0.39, 0.29) is 11.9 Å². The first kappa shape index (κ1) is 12.5. The van der Waals surface area contributed by atoms with Crippen LogP contribution in [0.5, 0.6) is 0 Å². The van der Waals surface area contributed by atoms with Crippen LogP contribution in [0, 0.1) is 5.82 Å². The van der Waals surface area contributed by atoms with Crippen LogP contribution in [0.4, 0.5) is 8.78 Å². The van der Waals surface area contributed by atoms with Gasteiger partial charge in [0.25, 0.3) is 0 Å². The molecule has 0 radical (unpaired) electrons. The molecule has 1 aliphatic rings. The third-order valence-corrected chi connectivity index (χ3v) is 3.23. The number of rotatable bonds is 3. The van der Waals surface area contributed by atoms with Crippen molar-refractivity contribution < 1.29 is 8.78 Å². The summed E-state index contributed by atoms with van der Waals surface area (Å²) in [4.78, 5) is 2.00. The molecule has 2 atom stereocenters. The molecule has 94 valence electrons. The molecular formula is C13H18F2N2. The largest absolute Gasteiger partial charge is 0.307 e. The van der Waals surface area contributed by atoms with E-state index in [4.69, 9.17) is 0 Å². The van der Waals surface area contributed by atoms with Gasteiger partial charge in [-0.3, -0.25) is 0 Å². The number of nitrogens with zero attached hydrogens (tertiary/aromatic N) is 1. The molecule has 2 nitrogen and oxygen atoms in total. The second-order valence-electron chi connectivity index (χ2n) is 4.68. The minimum atomic E-state index is -0.825. The van der Waals surface area contributed by atoms with Crippen molar-refractivity contribution in [2.24, 2.45) is 0 Å². The molecule has 4 heteroatoms. The third-order valence-electron chi connectivity index (χ3n) is 3.23. The Morgan fingerprint density at radius 2 is 2.06 bits per heavy atom. The van der Waals surface area contributed by atoms with E-state index in [2.05, 4.69) is 5.32 Å². The lowest BCUT2D eigenvalue weighted by Gasteiger charge is -2.32. The fraction of sp³-hybridized carbons (Fsp3) is 0.538. The lowest BCUT2D eigenvalue weighted by atomic mass is 10.0. The number of alkyl halides is 1. The second-order valence-corrected chi connectivity index (χ2v) is 4.68. The highest BCUT2D eigenvalue weighted by atomic mass is 19.1. The highest BCUT2D eigenvalue weighted by Crippen LogP contribution is 2.13. The lowest BCUT2D eigenvalue weighted by Crippen LogP contribution is -2.49. The van der Waals surface area contributed by atoms with Gasteiger partial charge >= 0.3 is 0 Å². The van der Waals surface area contributed by atoms with E-state index in [1.54, 1.807) is 12.1 Å². The van der Waals surface area contributed by atoms with Crippen molar-refractivity contribution in [1.82, 2.24) is 10.2 Å². The maximum Gasteiger partial charge on any atom is 0.128 e. The molecular weight excluding hydrogens is 222 g/mol. The molecule has 0 aliphatic carbocycles. The van der Waals surface area contributed by atoms with Gasteiger partial charge in [0.05, 0.1) is 0 Å². The predicted molar refractivity (Wildman–Crippen MR) is 64.0 cm³/mol. The molecule has 17 heavy (non-hydrogen) atoms. The molecule has 1 N–H and O–H groups in total. The maximum atomic E-state index is 13.7. The molecule has 0 unspecified atom stereocenters. The van der Waals surface area contributed by atoms with Gasteiger partial charge in [-0.25, -0.2) is 8.78 Å². The zero-order valence-corrected chi connectivity index (χ0v) is 10.00. The number of halogens is 2. The predicted octanol–water partition coefficient (Wildman–Crippen LogP) is 1.96. The van der Waals surface area contributed by atoms with E-state index in [0.29, 0.717) is 13.1 Å². The summed E-state index contributed by atoms with van der Waals surface area (Å²) >= 11 is 0. The molecule has 0 spiro atoms. The molecule has 1 fully saturated rings. The monoisotopic (exact) mass is 240 g/mol. The van der Waals surface area contributed by atoms with Crippen molar-refractivity contribution in [2.45, 2.75) is 25.2 Å². The van der Waals surface area contributed by atoms with Crippen LogP contribution in [0.1, 0.15) is 12.0 Å². The van der Waals surface area contributed by atoms with E-state index >= 15 is 0 Å². The minimum absolute atomic E-state index is 0.0868. The van der Waals surface area contributed by atoms with Crippen molar-refractivity contribution in [3.05, 3.63) is 35.6 Å². The van der Waals surface area contributed by atoms with Crippen LogP contribution in [0.2, 0.25) is 0 Å². The first-order chi connectivity index (χ1) is 8.15. The summed E-state index contributed by atoms with van der Waals surface area (Å²) in [6, 6.07) is 6.22. The van der Waals surface area contributed by atoms with Gasteiger partial charge in [-0.15, -0.1) is 0 Å². The van der Waals surface area contributed by atoms with Crippen molar-refractivity contribution in [3.8, 4) is 0 Å². The Morgan fingerprint density at radius 1 is 1.35 bits per heavy atom. The first-order valence-electron chi connectivity index (χ1n) is 5.95. The zero-order valence-electron chi connectivity index (χ0n) is 10.00. The quantitative estimate of drug-likeness (QED) is 0.869. The van der Waals surface area contributed by atoms with E-state index in [0.717, 1.165) is 18.5 Å². The molecule has 1 saturated heterocycles. The fourth-order valence-electron chi connectivity index (χ4n) is 2.14. The zero-order chi connectivity index (χ0) is 12.3. The fourth-order valence-corrected chi connectivity index (χ4v) is 2.14. The van der Waals surface area contributed by atoms with E-state index in [1.807, 2.05) is 11.9 Å². The average molecular weight is 240 g/mol. The lowest BCUT2D eigenvalue weighted by molar-refractivity contribution is 0.122. The van der Waals surface area contributed by atoms with Gasteiger partial charge in [-0.05, 0) is 37.7 Å². The first-order valence-corrected chi connectivity index (χ1v) is 5.95. The van der Waals surface area contributed by atoms with Crippen molar-refractivity contribution in [1.29, 1.82) is 0 Å². The Bertz CT molecular complexity index is 353. The standard InChI is InChI=1S/C13H18F2N2/c1-17-7-6-13(12(15)9-17)16-8-10-2-4-11(14)5-3-10/h2-5,12-13,16H,6-9H2,1H3/t12-,13+/m1/s1. The Morgan fingerprint density at radius 3 is 2.71 bits per heavy atom. The number of benzene rings is 1. The van der Waals surface area contributed by atoms with Crippen LogP contribution in [-0.4, -0.2) is 37.3 Å². The summed E-state index contributed by atoms with van der Waals surface area (Å²) in [6.45, 7) is 2.00. The summed E-state index contributed by atoms with van der Waals surface area (Å²) in [5, 5.41) is 3.20. The molecule has 0 aromatic heterocycles. The van der Waals surface area contributed by atoms with Crippen molar-refractivity contribution in [3.63, 3.8) is 0 Å². The number of hydrogen-bond acceptors (Lipinski definition) is 2. The number of piperidine rings is 1. The Balaban J connectivity index is 1.83. The number of likely N-dealkylation sites (tertiary alicyclic amines) is 1. The summed E-state index contributed by atoms with van der Waals surface area (Å²) in [5.41, 5.74) is 0.984. The van der Waals surface area contributed by atoms with Gasteiger partial charge in [-0.1, -0.05) is 12.1 Å². The van der Waals surface area contributed by atoms with Crippen LogP contribution in [0.3, 0.4) is 0 Å². The summed E-state index contributed by atoms with van der Waals surface area (Å²) in [5.74, 6) is -0.239. The Kier molecular flexibility index (Phi) is 4.07. The summed E-state index contributed by atoms with van der Waals surface area (Å²) in [6.07, 6.45) is -0.00650. The molecule has 0 bridgehead atoms. The normalized spacial score (nSPS) is 26.1. The molecule has 0 saturated carbocycles. The maximum absolute atomic E-state index is 13.7. The van der Waals surface area contributed by atoms with Gasteiger partial charge in [-0.2, -0.15) is 0 Å². The third kappa shape index (κ3) is 3.48. The van der Waals surface area contributed by atoms with Crippen molar-refractivity contribution in [2.75, 3.05) is 20.1 Å². The average Bonchev–Trinajstić information content (AvgIpc) is 2.30. The van der Waals surface area contributed by atoms with Crippen LogP contribution < -0.4 is 5.32 Å². The smallest absolute Gasteiger partial charge is 0.128 e. The Labute approximate surface area is 101 Å². The van der Waals surface area contributed by atoms with Gasteiger partial charge in [0.2, 0.25) is 0 Å². The number of hydrogen-bond donors (Lipinski definition) is 1. The molecule has 2 rings (SSSR count). The second kappa shape index (κ2) is 5.56. The van der Waals surface area contributed by atoms with E-state index in [9.17, 15) is 8.78 Å². The minimum Gasteiger partial charge on any atom is -0.307 e. The molecule has 1 aromatic carbocycles. The van der Waals surface area contributed by atoms with Gasteiger partial charge in [0.15, 0.2) is 0 Å². The van der Waals surface area contributed by atoms with Crippen LogP contribution in [0.25, 0.3) is 0 Å². The molecule has 1 heterocycles. The van der Waals surface area contributed by atoms with Crippen LogP contribution >= 0.6 is 0 Å². The highest BCUT2D eigenvalue weighted by molar-refractivity contribution is 5.15. The molecule has 1 aromatic rings. The van der Waals surface area contributed by atoms with Gasteiger partial charge < -0.3 is 10.2 Å². The Hall–Kier alpha value is -1.00. The van der Waals surface area contributed by atoms with Gasteiger partial charge in [0, 0.05) is 19.1 Å². The highest BCUT2D eigenvalue weighted by Gasteiger charge is 2.26. The molecule has 0 amide bonds. The van der Waals surface area contributed by atoms with Crippen LogP contribution in [-0.2, 0) is 6.54 Å². The summed E-state index contributed by atoms with van der Waals surface area (Å²) in [7, 11) is 1.93.